The number of aromatic nitrogens is 2. The third kappa shape index (κ3) is 3.74. The molecule has 1 N–H and O–H groups in total. The quantitative estimate of drug-likeness (QED) is 0.918. The number of rotatable bonds is 4. The second-order valence-corrected chi connectivity index (χ2v) is 6.13. The van der Waals surface area contributed by atoms with Crippen LogP contribution in [-0.4, -0.2) is 53.1 Å². The van der Waals surface area contributed by atoms with Crippen molar-refractivity contribution in [1.82, 2.24) is 14.9 Å². The summed E-state index contributed by atoms with van der Waals surface area (Å²) in [4.78, 5) is 22.2. The van der Waals surface area contributed by atoms with E-state index in [1.807, 2.05) is 17.2 Å². The fraction of sp³-hybridized carbons (Fsp3) is 0.688. The first-order valence-electron chi connectivity index (χ1n) is 8.16. The Hall–Kier alpha value is -1.69. The summed E-state index contributed by atoms with van der Waals surface area (Å²) in [6, 6.07) is 2.02. The van der Waals surface area contributed by atoms with Gasteiger partial charge in [-0.05, 0) is 18.9 Å². The van der Waals surface area contributed by atoms with E-state index >= 15 is 0 Å². The zero-order valence-corrected chi connectivity index (χ0v) is 13.1. The second-order valence-electron chi connectivity index (χ2n) is 6.13. The molecule has 3 rings (SSSR count). The second kappa shape index (κ2) is 7.05. The number of ether oxygens (including phenoxy) is 1. The van der Waals surface area contributed by atoms with Gasteiger partial charge in [0.2, 0.25) is 11.9 Å². The van der Waals surface area contributed by atoms with E-state index in [-0.39, 0.29) is 12.0 Å². The van der Waals surface area contributed by atoms with Crippen LogP contribution in [0.5, 0.6) is 0 Å². The number of anilines is 1. The van der Waals surface area contributed by atoms with Crippen molar-refractivity contribution in [2.75, 3.05) is 31.6 Å². The summed E-state index contributed by atoms with van der Waals surface area (Å²) < 4.78 is 5.70. The lowest BCUT2D eigenvalue weighted by Crippen LogP contribution is -2.47. The predicted molar refractivity (Wildman–Crippen MR) is 83.7 cm³/mol. The van der Waals surface area contributed by atoms with E-state index in [4.69, 9.17) is 4.74 Å². The molecular weight excluding hydrogens is 280 g/mol. The SMILES string of the molecule is CC(=O)N1CCO[C@H](CNc2nccc(C3CCCC3)n2)C1. The lowest BCUT2D eigenvalue weighted by molar-refractivity contribution is -0.135. The van der Waals surface area contributed by atoms with Crippen molar-refractivity contribution in [3.8, 4) is 0 Å². The monoisotopic (exact) mass is 304 g/mol. The zero-order chi connectivity index (χ0) is 15.4. The molecule has 6 heteroatoms. The van der Waals surface area contributed by atoms with Gasteiger partial charge in [-0.3, -0.25) is 4.79 Å². The summed E-state index contributed by atoms with van der Waals surface area (Å²) in [5.41, 5.74) is 1.14. The standard InChI is InChI=1S/C16H24N4O2/c1-12(21)20-8-9-22-14(11-20)10-18-16-17-7-6-15(19-16)13-4-2-3-5-13/h6-7,13-14H,2-5,8-11H2,1H3,(H,17,18,19)/t14-/m1/s1. The maximum Gasteiger partial charge on any atom is 0.222 e. The number of amides is 1. The van der Waals surface area contributed by atoms with Crippen LogP contribution in [0, 0.1) is 0 Å². The summed E-state index contributed by atoms with van der Waals surface area (Å²) in [6.45, 7) is 4.13. The largest absolute Gasteiger partial charge is 0.373 e. The highest BCUT2D eigenvalue weighted by molar-refractivity contribution is 5.73. The predicted octanol–water partition coefficient (Wildman–Crippen LogP) is 1.79. The van der Waals surface area contributed by atoms with E-state index in [0.717, 1.165) is 5.69 Å². The van der Waals surface area contributed by atoms with Crippen LogP contribution in [0.15, 0.2) is 12.3 Å². The van der Waals surface area contributed by atoms with Gasteiger partial charge in [-0.1, -0.05) is 12.8 Å². The number of nitrogens with one attached hydrogen (secondary N) is 1. The van der Waals surface area contributed by atoms with Crippen molar-refractivity contribution in [2.24, 2.45) is 0 Å². The van der Waals surface area contributed by atoms with Crippen LogP contribution in [-0.2, 0) is 9.53 Å². The Kier molecular flexibility index (Phi) is 4.87. The molecule has 1 atom stereocenters. The molecule has 0 radical (unpaired) electrons. The van der Waals surface area contributed by atoms with Crippen LogP contribution in [0.4, 0.5) is 5.95 Å². The smallest absolute Gasteiger partial charge is 0.222 e. The molecule has 1 aliphatic heterocycles. The van der Waals surface area contributed by atoms with Crippen LogP contribution in [0.2, 0.25) is 0 Å². The maximum atomic E-state index is 11.4. The highest BCUT2D eigenvalue weighted by atomic mass is 16.5. The van der Waals surface area contributed by atoms with Crippen LogP contribution in [0.1, 0.15) is 44.2 Å². The molecule has 1 saturated heterocycles. The molecule has 0 aromatic carbocycles. The van der Waals surface area contributed by atoms with E-state index in [9.17, 15) is 4.79 Å². The highest BCUT2D eigenvalue weighted by Gasteiger charge is 2.22. The van der Waals surface area contributed by atoms with E-state index in [0.29, 0.717) is 38.1 Å². The first-order valence-corrected chi connectivity index (χ1v) is 8.16. The van der Waals surface area contributed by atoms with Gasteiger partial charge in [0.1, 0.15) is 0 Å². The van der Waals surface area contributed by atoms with Crippen molar-refractivity contribution in [2.45, 2.75) is 44.6 Å². The summed E-state index contributed by atoms with van der Waals surface area (Å²) >= 11 is 0. The van der Waals surface area contributed by atoms with Gasteiger partial charge in [0, 0.05) is 44.4 Å². The third-order valence-electron chi connectivity index (χ3n) is 4.52. The van der Waals surface area contributed by atoms with Gasteiger partial charge in [-0.15, -0.1) is 0 Å². The van der Waals surface area contributed by atoms with Gasteiger partial charge in [-0.2, -0.15) is 0 Å². The molecule has 22 heavy (non-hydrogen) atoms. The van der Waals surface area contributed by atoms with Gasteiger partial charge in [-0.25, -0.2) is 9.97 Å². The minimum absolute atomic E-state index is 0.00335. The third-order valence-corrected chi connectivity index (χ3v) is 4.52. The molecule has 0 spiro atoms. The fourth-order valence-corrected chi connectivity index (χ4v) is 3.24. The Bertz CT molecular complexity index is 517. The zero-order valence-electron chi connectivity index (χ0n) is 13.1. The average Bonchev–Trinajstić information content (AvgIpc) is 3.08. The molecule has 1 aromatic heterocycles. The van der Waals surface area contributed by atoms with Crippen LogP contribution in [0.3, 0.4) is 0 Å². The molecule has 2 heterocycles. The minimum atomic E-state index is -0.00335. The molecule has 2 fully saturated rings. The van der Waals surface area contributed by atoms with E-state index in [2.05, 4.69) is 15.3 Å². The van der Waals surface area contributed by atoms with Crippen molar-refractivity contribution in [3.05, 3.63) is 18.0 Å². The number of hydrogen-bond acceptors (Lipinski definition) is 5. The number of nitrogens with zero attached hydrogens (tertiary/aromatic N) is 3. The van der Waals surface area contributed by atoms with Crippen molar-refractivity contribution < 1.29 is 9.53 Å². The number of morpholine rings is 1. The van der Waals surface area contributed by atoms with Gasteiger partial charge < -0.3 is 15.0 Å². The van der Waals surface area contributed by atoms with Crippen molar-refractivity contribution in [3.63, 3.8) is 0 Å². The molecule has 6 nitrogen and oxygen atoms in total. The van der Waals surface area contributed by atoms with E-state index in [1.54, 1.807) is 6.92 Å². The lowest BCUT2D eigenvalue weighted by Gasteiger charge is -2.32. The number of hydrogen-bond donors (Lipinski definition) is 1. The molecule has 0 bridgehead atoms. The molecule has 1 amide bonds. The first-order chi connectivity index (χ1) is 10.7. The Balaban J connectivity index is 1.54. The normalized spacial score (nSPS) is 22.8. The number of carbonyl (C=O) groups is 1. The fourth-order valence-electron chi connectivity index (χ4n) is 3.24. The van der Waals surface area contributed by atoms with Crippen molar-refractivity contribution >= 4 is 11.9 Å². The topological polar surface area (TPSA) is 67.3 Å². The van der Waals surface area contributed by atoms with E-state index in [1.165, 1.54) is 25.7 Å². The van der Waals surface area contributed by atoms with Gasteiger partial charge in [0.25, 0.3) is 0 Å². The van der Waals surface area contributed by atoms with Gasteiger partial charge >= 0.3 is 0 Å². The summed E-state index contributed by atoms with van der Waals surface area (Å²) in [5, 5.41) is 3.25. The summed E-state index contributed by atoms with van der Waals surface area (Å²) in [7, 11) is 0. The van der Waals surface area contributed by atoms with Gasteiger partial charge in [0.15, 0.2) is 0 Å². The summed E-state index contributed by atoms with van der Waals surface area (Å²) in [6.07, 6.45) is 6.89. The van der Waals surface area contributed by atoms with Gasteiger partial charge in [0.05, 0.1) is 12.7 Å². The Labute approximate surface area is 131 Å². The molecular formula is C16H24N4O2. The average molecular weight is 304 g/mol. The molecule has 120 valence electrons. The number of carbonyl (C=O) groups excluding carboxylic acids is 1. The summed E-state index contributed by atoms with van der Waals surface area (Å²) in [5.74, 6) is 1.35. The molecule has 0 unspecified atom stereocenters. The van der Waals surface area contributed by atoms with Crippen LogP contribution < -0.4 is 5.32 Å². The molecule has 1 saturated carbocycles. The molecule has 2 aliphatic rings. The lowest BCUT2D eigenvalue weighted by atomic mass is 10.0. The first kappa shape index (κ1) is 15.2. The Morgan fingerprint density at radius 3 is 3.05 bits per heavy atom. The maximum absolute atomic E-state index is 11.4. The van der Waals surface area contributed by atoms with Crippen LogP contribution in [0.25, 0.3) is 0 Å². The van der Waals surface area contributed by atoms with E-state index < -0.39 is 0 Å². The highest BCUT2D eigenvalue weighted by Crippen LogP contribution is 2.32. The molecule has 1 aromatic rings. The molecule has 1 aliphatic carbocycles. The van der Waals surface area contributed by atoms with Crippen LogP contribution >= 0.6 is 0 Å². The Morgan fingerprint density at radius 2 is 2.27 bits per heavy atom. The Morgan fingerprint density at radius 1 is 1.45 bits per heavy atom. The minimum Gasteiger partial charge on any atom is -0.373 e. The van der Waals surface area contributed by atoms with Crippen molar-refractivity contribution in [1.29, 1.82) is 0 Å².